The van der Waals surface area contributed by atoms with Crippen molar-refractivity contribution in [2.24, 2.45) is 0 Å². The maximum atomic E-state index is 12.8. The fraction of sp³-hybridized carbons (Fsp3) is 0.375. The molecule has 0 bridgehead atoms. The number of aliphatic hydroxyl groups is 1. The van der Waals surface area contributed by atoms with Crippen molar-refractivity contribution in [3.63, 3.8) is 0 Å². The van der Waals surface area contributed by atoms with Crippen molar-refractivity contribution in [2.45, 2.75) is 51.2 Å². The van der Waals surface area contributed by atoms with Crippen LogP contribution in [-0.2, 0) is 14.3 Å². The lowest BCUT2D eigenvalue weighted by Crippen LogP contribution is -2.38. The molecule has 29 heavy (non-hydrogen) atoms. The maximum absolute atomic E-state index is 12.8. The van der Waals surface area contributed by atoms with Gasteiger partial charge in [0, 0.05) is 12.1 Å². The van der Waals surface area contributed by atoms with Gasteiger partial charge in [0.2, 0.25) is 0 Å². The van der Waals surface area contributed by atoms with Crippen LogP contribution >= 0.6 is 11.6 Å². The zero-order valence-electron chi connectivity index (χ0n) is 16.9. The van der Waals surface area contributed by atoms with Gasteiger partial charge >= 0.3 is 5.97 Å². The van der Waals surface area contributed by atoms with Gasteiger partial charge in [0.05, 0.1) is 6.10 Å². The molecule has 2 aromatic rings. The molecule has 4 nitrogen and oxygen atoms in total. The Labute approximate surface area is 176 Å². The molecule has 1 fully saturated rings. The molecule has 0 saturated heterocycles. The molecule has 1 aliphatic carbocycles. The van der Waals surface area contributed by atoms with Crippen molar-refractivity contribution in [3.05, 3.63) is 63.9 Å². The third-order valence-electron chi connectivity index (χ3n) is 6.23. The van der Waals surface area contributed by atoms with E-state index in [1.165, 1.54) is 0 Å². The average molecular weight is 413 g/mol. The summed E-state index contributed by atoms with van der Waals surface area (Å²) >= 11 is 6.01. The summed E-state index contributed by atoms with van der Waals surface area (Å²) in [6.07, 6.45) is 2.82. The van der Waals surface area contributed by atoms with Gasteiger partial charge in [0.1, 0.15) is 5.57 Å². The maximum Gasteiger partial charge on any atom is 0.343 e. The summed E-state index contributed by atoms with van der Waals surface area (Å²) in [4.78, 5) is 12.8. The van der Waals surface area contributed by atoms with Gasteiger partial charge in [0.25, 0.3) is 0 Å². The van der Waals surface area contributed by atoms with Crippen LogP contribution in [0.5, 0.6) is 0 Å². The third kappa shape index (κ3) is 3.45. The normalized spacial score (nSPS) is 24.3. The molecule has 0 atom stereocenters. The van der Waals surface area contributed by atoms with E-state index in [4.69, 9.17) is 21.1 Å². The molecule has 1 heterocycles. The van der Waals surface area contributed by atoms with Crippen LogP contribution < -0.4 is 0 Å². The Kier molecular flexibility index (Phi) is 5.18. The van der Waals surface area contributed by atoms with Gasteiger partial charge in [-0.25, -0.2) is 4.79 Å². The highest BCUT2D eigenvalue weighted by molar-refractivity contribution is 6.30. The lowest BCUT2D eigenvalue weighted by molar-refractivity contribution is -0.151. The molecule has 5 heteroatoms. The summed E-state index contributed by atoms with van der Waals surface area (Å²) in [5.74, 6) is -0.376. The third-order valence-corrected chi connectivity index (χ3v) is 6.48. The Hall–Kier alpha value is -2.30. The number of rotatable bonds is 3. The van der Waals surface area contributed by atoms with Gasteiger partial charge in [-0.05, 0) is 79.5 Å². The molecule has 0 amide bonds. The van der Waals surface area contributed by atoms with Crippen molar-refractivity contribution >= 4 is 23.1 Å². The molecular formula is C24H25ClO4. The first-order chi connectivity index (χ1) is 13.8. The van der Waals surface area contributed by atoms with E-state index in [2.05, 4.69) is 0 Å². The van der Waals surface area contributed by atoms with Gasteiger partial charge in [-0.1, -0.05) is 35.9 Å². The number of halogens is 1. The van der Waals surface area contributed by atoms with E-state index in [0.717, 1.165) is 40.7 Å². The zero-order chi connectivity index (χ0) is 20.8. The standard InChI is InChI=1S/C24H25ClO4/c1-14-13-20(15(2)12-19(14)16-4-6-17(25)7-5-16)21-22(26)24(29-23(21)27)10-8-18(28-3)9-11-24/h4-7,12-13,18,26H,8-11H2,1-3H3. The molecule has 0 radical (unpaired) electrons. The quantitative estimate of drug-likeness (QED) is 0.649. The fourth-order valence-electron chi connectivity index (χ4n) is 4.50. The number of methoxy groups -OCH3 is 1. The monoisotopic (exact) mass is 412 g/mol. The number of esters is 1. The van der Waals surface area contributed by atoms with E-state index in [1.807, 2.05) is 50.2 Å². The van der Waals surface area contributed by atoms with Gasteiger partial charge < -0.3 is 14.6 Å². The predicted octanol–water partition coefficient (Wildman–Crippen LogP) is 5.78. The Morgan fingerprint density at radius 1 is 1.07 bits per heavy atom. The SMILES string of the molecule is COC1CCC2(CC1)OC(=O)C(c1cc(C)c(-c3ccc(Cl)cc3)cc1C)=C2O. The molecule has 152 valence electrons. The summed E-state index contributed by atoms with van der Waals surface area (Å²) in [5, 5.41) is 11.7. The Balaban J connectivity index is 1.73. The smallest absolute Gasteiger partial charge is 0.343 e. The number of carbonyl (C=O) groups excluding carboxylic acids is 1. The average Bonchev–Trinajstić information content (AvgIpc) is 2.94. The van der Waals surface area contributed by atoms with Crippen molar-refractivity contribution in [1.82, 2.24) is 0 Å². The highest BCUT2D eigenvalue weighted by Crippen LogP contribution is 2.46. The molecule has 2 aromatic carbocycles. The van der Waals surface area contributed by atoms with Crippen LogP contribution in [-0.4, -0.2) is 29.9 Å². The second kappa shape index (κ2) is 7.51. The van der Waals surface area contributed by atoms with E-state index in [0.29, 0.717) is 23.4 Å². The highest BCUT2D eigenvalue weighted by atomic mass is 35.5. The van der Waals surface area contributed by atoms with Gasteiger partial charge in [0.15, 0.2) is 11.4 Å². The summed E-state index contributed by atoms with van der Waals surface area (Å²) in [7, 11) is 1.69. The van der Waals surface area contributed by atoms with Crippen molar-refractivity contribution in [1.29, 1.82) is 0 Å². The first kappa shape index (κ1) is 20.0. The Morgan fingerprint density at radius 2 is 1.66 bits per heavy atom. The number of ether oxygens (including phenoxy) is 2. The number of aryl methyl sites for hydroxylation is 2. The molecule has 1 aliphatic heterocycles. The molecule has 4 rings (SSSR count). The first-order valence-electron chi connectivity index (χ1n) is 9.92. The minimum absolute atomic E-state index is 0.0683. The molecule has 0 aromatic heterocycles. The minimum atomic E-state index is -0.906. The van der Waals surface area contributed by atoms with E-state index >= 15 is 0 Å². The second-order valence-corrected chi connectivity index (χ2v) is 8.47. The van der Waals surface area contributed by atoms with Crippen LogP contribution in [0.2, 0.25) is 5.02 Å². The minimum Gasteiger partial charge on any atom is -0.507 e. The highest BCUT2D eigenvalue weighted by Gasteiger charge is 2.50. The lowest BCUT2D eigenvalue weighted by Gasteiger charge is -2.35. The summed E-state index contributed by atoms with van der Waals surface area (Å²) < 4.78 is 11.2. The van der Waals surface area contributed by atoms with Gasteiger partial charge in [-0.15, -0.1) is 0 Å². The van der Waals surface area contributed by atoms with Crippen molar-refractivity contribution in [2.75, 3.05) is 7.11 Å². The molecule has 0 unspecified atom stereocenters. The van der Waals surface area contributed by atoms with Crippen LogP contribution in [0.25, 0.3) is 16.7 Å². The van der Waals surface area contributed by atoms with Crippen LogP contribution in [0.4, 0.5) is 0 Å². The Bertz CT molecular complexity index is 983. The number of carbonyl (C=O) groups is 1. The predicted molar refractivity (Wildman–Crippen MR) is 114 cm³/mol. The van der Waals surface area contributed by atoms with Crippen LogP contribution in [0, 0.1) is 13.8 Å². The number of hydrogen-bond acceptors (Lipinski definition) is 4. The van der Waals surface area contributed by atoms with Crippen molar-refractivity contribution in [3.8, 4) is 11.1 Å². The molecule has 1 spiro atoms. The number of hydrogen-bond donors (Lipinski definition) is 1. The van der Waals surface area contributed by atoms with Crippen molar-refractivity contribution < 1.29 is 19.4 Å². The van der Waals surface area contributed by atoms with Gasteiger partial charge in [-0.3, -0.25) is 0 Å². The molecular weight excluding hydrogens is 388 g/mol. The molecule has 1 N–H and O–H groups in total. The molecule has 1 saturated carbocycles. The Morgan fingerprint density at radius 3 is 2.28 bits per heavy atom. The lowest BCUT2D eigenvalue weighted by atomic mass is 9.80. The van der Waals surface area contributed by atoms with Crippen LogP contribution in [0.3, 0.4) is 0 Å². The van der Waals surface area contributed by atoms with E-state index < -0.39 is 11.6 Å². The molecule has 2 aliphatic rings. The van der Waals surface area contributed by atoms with E-state index in [-0.39, 0.29) is 11.9 Å². The van der Waals surface area contributed by atoms with E-state index in [9.17, 15) is 9.90 Å². The topological polar surface area (TPSA) is 55.8 Å². The first-order valence-corrected chi connectivity index (χ1v) is 10.3. The van der Waals surface area contributed by atoms with E-state index in [1.54, 1.807) is 7.11 Å². The van der Waals surface area contributed by atoms with Crippen LogP contribution in [0.15, 0.2) is 42.2 Å². The second-order valence-electron chi connectivity index (χ2n) is 8.03. The van der Waals surface area contributed by atoms with Gasteiger partial charge in [-0.2, -0.15) is 0 Å². The summed E-state index contributed by atoms with van der Waals surface area (Å²) in [6.45, 7) is 3.96. The zero-order valence-corrected chi connectivity index (χ0v) is 17.7. The largest absolute Gasteiger partial charge is 0.507 e. The number of benzene rings is 2. The summed E-state index contributed by atoms with van der Waals surface area (Å²) in [6, 6.07) is 11.7. The fourth-order valence-corrected chi connectivity index (χ4v) is 4.62. The summed E-state index contributed by atoms with van der Waals surface area (Å²) in [5.41, 5.74) is 4.19. The number of aliphatic hydroxyl groups excluding tert-OH is 1. The van der Waals surface area contributed by atoms with Crippen LogP contribution in [0.1, 0.15) is 42.4 Å².